The second kappa shape index (κ2) is 4.27. The number of methoxy groups -OCH3 is 1. The first-order valence-electron chi connectivity index (χ1n) is 3.68. The summed E-state index contributed by atoms with van der Waals surface area (Å²) in [7, 11) is 1.39. The summed E-state index contributed by atoms with van der Waals surface area (Å²) in [5.74, 6) is -0.267. The number of rotatable bonds is 2. The summed E-state index contributed by atoms with van der Waals surface area (Å²) in [6.45, 7) is 0. The predicted molar refractivity (Wildman–Crippen MR) is 47.6 cm³/mol. The Kier molecular flexibility index (Phi) is 3.04. The maximum absolute atomic E-state index is 13.0. The highest BCUT2D eigenvalue weighted by Crippen LogP contribution is 2.22. The Morgan fingerprint density at radius 3 is 2.92 bits per heavy atom. The monoisotopic (exact) mass is 177 g/mol. The maximum Gasteiger partial charge on any atom is 0.165 e. The zero-order valence-electron chi connectivity index (χ0n) is 7.12. The van der Waals surface area contributed by atoms with E-state index in [1.807, 2.05) is 6.07 Å². The molecule has 0 saturated heterocycles. The largest absolute Gasteiger partial charge is 0.493 e. The van der Waals surface area contributed by atoms with Gasteiger partial charge in [0.15, 0.2) is 11.6 Å². The molecule has 1 aromatic rings. The van der Waals surface area contributed by atoms with Crippen LogP contribution < -0.4 is 4.74 Å². The van der Waals surface area contributed by atoms with Crippen molar-refractivity contribution in [1.29, 1.82) is 5.26 Å². The van der Waals surface area contributed by atoms with E-state index in [0.717, 1.165) is 0 Å². The molecule has 1 aromatic carbocycles. The second-order valence-electron chi connectivity index (χ2n) is 2.32. The van der Waals surface area contributed by atoms with Gasteiger partial charge in [-0.05, 0) is 12.1 Å². The Labute approximate surface area is 75.9 Å². The van der Waals surface area contributed by atoms with Crippen molar-refractivity contribution >= 4 is 6.08 Å². The number of benzene rings is 1. The fraction of sp³-hybridized carbons (Fsp3) is 0.100. The lowest BCUT2D eigenvalue weighted by Gasteiger charge is -2.04. The van der Waals surface area contributed by atoms with E-state index >= 15 is 0 Å². The highest BCUT2D eigenvalue weighted by Gasteiger charge is 2.04. The Balaban J connectivity index is 3.14. The van der Waals surface area contributed by atoms with Crippen LogP contribution in [0.4, 0.5) is 4.39 Å². The van der Waals surface area contributed by atoms with Crippen LogP contribution in [0.1, 0.15) is 5.56 Å². The highest BCUT2D eigenvalue weighted by atomic mass is 19.1. The third-order valence-electron chi connectivity index (χ3n) is 1.54. The van der Waals surface area contributed by atoms with Crippen LogP contribution in [-0.2, 0) is 0 Å². The maximum atomic E-state index is 13.0. The van der Waals surface area contributed by atoms with E-state index in [1.165, 1.54) is 25.3 Å². The van der Waals surface area contributed by atoms with Crippen molar-refractivity contribution < 1.29 is 9.13 Å². The molecular formula is C10H8FNO. The zero-order valence-corrected chi connectivity index (χ0v) is 7.12. The van der Waals surface area contributed by atoms with Crippen LogP contribution in [0.25, 0.3) is 6.08 Å². The van der Waals surface area contributed by atoms with Gasteiger partial charge in [0.1, 0.15) is 0 Å². The molecule has 0 atom stereocenters. The van der Waals surface area contributed by atoms with Crippen LogP contribution in [-0.4, -0.2) is 7.11 Å². The topological polar surface area (TPSA) is 33.0 Å². The first-order chi connectivity index (χ1) is 6.29. The van der Waals surface area contributed by atoms with Gasteiger partial charge in [-0.1, -0.05) is 12.1 Å². The molecule has 0 aliphatic carbocycles. The molecule has 0 aromatic heterocycles. The van der Waals surface area contributed by atoms with E-state index in [4.69, 9.17) is 10.00 Å². The molecular weight excluding hydrogens is 169 g/mol. The minimum absolute atomic E-state index is 0.161. The van der Waals surface area contributed by atoms with Gasteiger partial charge >= 0.3 is 0 Å². The van der Waals surface area contributed by atoms with Gasteiger partial charge < -0.3 is 4.74 Å². The third-order valence-corrected chi connectivity index (χ3v) is 1.54. The molecule has 1 rings (SSSR count). The van der Waals surface area contributed by atoms with E-state index in [0.29, 0.717) is 5.56 Å². The van der Waals surface area contributed by atoms with Crippen molar-refractivity contribution in [2.24, 2.45) is 0 Å². The molecule has 3 heteroatoms. The van der Waals surface area contributed by atoms with Gasteiger partial charge in [-0.25, -0.2) is 4.39 Å². The number of ether oxygens (including phenoxy) is 1. The number of allylic oxidation sites excluding steroid dienone is 1. The van der Waals surface area contributed by atoms with Crippen molar-refractivity contribution in [2.75, 3.05) is 7.11 Å². The van der Waals surface area contributed by atoms with Crippen LogP contribution >= 0.6 is 0 Å². The number of hydrogen-bond acceptors (Lipinski definition) is 2. The fourth-order valence-electron chi connectivity index (χ4n) is 0.999. The van der Waals surface area contributed by atoms with Crippen molar-refractivity contribution in [3.8, 4) is 11.8 Å². The van der Waals surface area contributed by atoms with Crippen molar-refractivity contribution in [3.63, 3.8) is 0 Å². The molecule has 0 heterocycles. The van der Waals surface area contributed by atoms with Gasteiger partial charge in [0.05, 0.1) is 13.2 Å². The van der Waals surface area contributed by atoms with Gasteiger partial charge in [-0.2, -0.15) is 5.26 Å². The van der Waals surface area contributed by atoms with Crippen LogP contribution in [0.2, 0.25) is 0 Å². The van der Waals surface area contributed by atoms with Gasteiger partial charge in [-0.15, -0.1) is 0 Å². The lowest BCUT2D eigenvalue weighted by molar-refractivity contribution is 0.385. The fourth-order valence-corrected chi connectivity index (χ4v) is 0.999. The average Bonchev–Trinajstić information content (AvgIpc) is 2.15. The summed E-state index contributed by atoms with van der Waals surface area (Å²) in [6.07, 6.45) is 2.78. The number of nitrogens with zero attached hydrogens (tertiary/aromatic N) is 1. The molecule has 0 bridgehead atoms. The molecule has 66 valence electrons. The molecule has 0 aliphatic heterocycles. The van der Waals surface area contributed by atoms with Crippen LogP contribution in [0.5, 0.6) is 5.75 Å². The molecule has 0 unspecified atom stereocenters. The molecule has 13 heavy (non-hydrogen) atoms. The summed E-state index contributed by atoms with van der Waals surface area (Å²) in [5, 5.41) is 8.29. The molecule has 2 nitrogen and oxygen atoms in total. The number of halogens is 1. The normalized spacial score (nSPS) is 9.92. The van der Waals surface area contributed by atoms with Gasteiger partial charge in [0.2, 0.25) is 0 Å². The molecule has 0 saturated carbocycles. The minimum Gasteiger partial charge on any atom is -0.493 e. The summed E-state index contributed by atoms with van der Waals surface area (Å²) in [5.41, 5.74) is 0.559. The van der Waals surface area contributed by atoms with Crippen molar-refractivity contribution in [3.05, 3.63) is 35.7 Å². The Morgan fingerprint density at radius 1 is 1.54 bits per heavy atom. The number of nitriles is 1. The van der Waals surface area contributed by atoms with E-state index < -0.39 is 5.82 Å². The third kappa shape index (κ3) is 2.06. The van der Waals surface area contributed by atoms with Gasteiger partial charge in [-0.3, -0.25) is 0 Å². The highest BCUT2D eigenvalue weighted by molar-refractivity contribution is 5.59. The zero-order chi connectivity index (χ0) is 9.68. The van der Waals surface area contributed by atoms with Crippen LogP contribution in [0.3, 0.4) is 0 Å². The van der Waals surface area contributed by atoms with Gasteiger partial charge in [0, 0.05) is 11.6 Å². The molecule has 0 N–H and O–H groups in total. The van der Waals surface area contributed by atoms with E-state index in [2.05, 4.69) is 0 Å². The summed E-state index contributed by atoms with van der Waals surface area (Å²) < 4.78 is 17.9. The van der Waals surface area contributed by atoms with Crippen LogP contribution in [0, 0.1) is 17.1 Å². The summed E-state index contributed by atoms with van der Waals surface area (Å²) >= 11 is 0. The van der Waals surface area contributed by atoms with Crippen molar-refractivity contribution in [1.82, 2.24) is 0 Å². The summed E-state index contributed by atoms with van der Waals surface area (Å²) in [4.78, 5) is 0. The second-order valence-corrected chi connectivity index (χ2v) is 2.32. The molecule has 0 amide bonds. The lowest BCUT2D eigenvalue weighted by Crippen LogP contribution is -1.90. The van der Waals surface area contributed by atoms with Crippen LogP contribution in [0.15, 0.2) is 24.3 Å². The molecule has 0 spiro atoms. The first kappa shape index (κ1) is 9.27. The lowest BCUT2D eigenvalue weighted by atomic mass is 10.2. The minimum atomic E-state index is -0.428. The first-order valence-corrected chi connectivity index (χ1v) is 3.68. The quantitative estimate of drug-likeness (QED) is 0.649. The average molecular weight is 177 g/mol. The Morgan fingerprint density at radius 2 is 2.31 bits per heavy atom. The number of hydrogen-bond donors (Lipinski definition) is 0. The Hall–Kier alpha value is -1.82. The smallest absolute Gasteiger partial charge is 0.165 e. The van der Waals surface area contributed by atoms with Gasteiger partial charge in [0.25, 0.3) is 0 Å². The molecule has 0 radical (unpaired) electrons. The standard InChI is InChI=1S/C10H8FNO/c1-13-10-8(5-3-7-12)4-2-6-9(10)11/h2-6H,1H3/b5-3+. The SMILES string of the molecule is COc1c(F)cccc1/C=C/C#N. The van der Waals surface area contributed by atoms with E-state index in [1.54, 1.807) is 12.1 Å². The molecule has 0 fully saturated rings. The Bertz CT molecular complexity index is 366. The van der Waals surface area contributed by atoms with E-state index in [-0.39, 0.29) is 5.75 Å². The summed E-state index contributed by atoms with van der Waals surface area (Å²) in [6, 6.07) is 6.38. The van der Waals surface area contributed by atoms with Crippen molar-refractivity contribution in [2.45, 2.75) is 0 Å². The molecule has 0 aliphatic rings. The van der Waals surface area contributed by atoms with E-state index in [9.17, 15) is 4.39 Å². The number of para-hydroxylation sites is 1. The predicted octanol–water partition coefficient (Wildman–Crippen LogP) is 2.37.